The summed E-state index contributed by atoms with van der Waals surface area (Å²) in [5.74, 6) is 0.519. The number of hydrogen-bond donors (Lipinski definition) is 1. The van der Waals surface area contributed by atoms with Crippen molar-refractivity contribution < 1.29 is 32.5 Å². The van der Waals surface area contributed by atoms with E-state index in [2.05, 4.69) is 0 Å². The number of aryl methyl sites for hydroxylation is 1. The van der Waals surface area contributed by atoms with Crippen LogP contribution in [0.5, 0.6) is 11.5 Å². The molecule has 0 bridgehead atoms. The topological polar surface area (TPSA) is 59.0 Å². The van der Waals surface area contributed by atoms with Gasteiger partial charge in [0.1, 0.15) is 17.6 Å². The SMILES string of the molecule is COc1cccc(O[C@H]2CCc3cc([C@@](C)(O)C(F)(F)F)ccc3N(C(=O)C(C)c3ccccc3)C2)c1. The van der Waals surface area contributed by atoms with E-state index < -0.39 is 23.8 Å². The molecule has 196 valence electrons. The zero-order chi connectivity index (χ0) is 26.8. The number of halogens is 3. The summed E-state index contributed by atoms with van der Waals surface area (Å²) in [7, 11) is 1.56. The van der Waals surface area contributed by atoms with E-state index in [1.807, 2.05) is 37.3 Å². The third-order valence-electron chi connectivity index (χ3n) is 6.89. The number of alkyl halides is 3. The van der Waals surface area contributed by atoms with Gasteiger partial charge < -0.3 is 19.5 Å². The maximum absolute atomic E-state index is 13.8. The van der Waals surface area contributed by atoms with Crippen LogP contribution in [-0.2, 0) is 16.8 Å². The summed E-state index contributed by atoms with van der Waals surface area (Å²) in [4.78, 5) is 15.4. The Morgan fingerprint density at radius 3 is 2.41 bits per heavy atom. The van der Waals surface area contributed by atoms with Crippen molar-refractivity contribution in [1.82, 2.24) is 0 Å². The molecule has 5 nitrogen and oxygen atoms in total. The second kappa shape index (κ2) is 10.5. The number of amides is 1. The molecule has 37 heavy (non-hydrogen) atoms. The lowest BCUT2D eigenvalue weighted by Crippen LogP contribution is -2.41. The first-order valence-corrected chi connectivity index (χ1v) is 12.1. The average molecular weight is 514 g/mol. The molecule has 0 aromatic heterocycles. The molecule has 1 aliphatic rings. The van der Waals surface area contributed by atoms with E-state index in [0.29, 0.717) is 35.6 Å². The largest absolute Gasteiger partial charge is 0.497 e. The fraction of sp³-hybridized carbons (Fsp3) is 0.345. The molecule has 3 aromatic carbocycles. The Bertz CT molecular complexity index is 1240. The van der Waals surface area contributed by atoms with Gasteiger partial charge in [-0.15, -0.1) is 0 Å². The Morgan fingerprint density at radius 2 is 1.73 bits per heavy atom. The van der Waals surface area contributed by atoms with E-state index in [-0.39, 0.29) is 18.0 Å². The molecule has 0 saturated carbocycles. The molecule has 0 spiro atoms. The van der Waals surface area contributed by atoms with Crippen molar-refractivity contribution >= 4 is 11.6 Å². The minimum absolute atomic E-state index is 0.191. The van der Waals surface area contributed by atoms with Gasteiger partial charge in [-0.25, -0.2) is 0 Å². The van der Waals surface area contributed by atoms with Crippen LogP contribution in [-0.4, -0.2) is 36.9 Å². The van der Waals surface area contributed by atoms with E-state index in [0.717, 1.165) is 12.5 Å². The first-order chi connectivity index (χ1) is 17.5. The van der Waals surface area contributed by atoms with Gasteiger partial charge in [0.2, 0.25) is 5.91 Å². The van der Waals surface area contributed by atoms with Crippen molar-refractivity contribution in [2.45, 2.75) is 50.5 Å². The van der Waals surface area contributed by atoms with Crippen LogP contribution in [0, 0.1) is 0 Å². The van der Waals surface area contributed by atoms with Gasteiger partial charge in [-0.3, -0.25) is 4.79 Å². The number of carbonyl (C=O) groups excluding carboxylic acids is 1. The van der Waals surface area contributed by atoms with Crippen LogP contribution in [0.15, 0.2) is 72.8 Å². The lowest BCUT2D eigenvalue weighted by atomic mass is 9.91. The fourth-order valence-electron chi connectivity index (χ4n) is 4.52. The maximum Gasteiger partial charge on any atom is 0.421 e. The number of fused-ring (bicyclic) bond motifs is 1. The molecule has 0 saturated heterocycles. The van der Waals surface area contributed by atoms with Crippen LogP contribution in [0.25, 0.3) is 0 Å². The Kier molecular flexibility index (Phi) is 7.50. The van der Waals surface area contributed by atoms with Crippen molar-refractivity contribution in [2.24, 2.45) is 0 Å². The van der Waals surface area contributed by atoms with Crippen molar-refractivity contribution in [3.05, 3.63) is 89.5 Å². The lowest BCUT2D eigenvalue weighted by Gasteiger charge is -2.31. The summed E-state index contributed by atoms with van der Waals surface area (Å²) < 4.78 is 52.1. The number of aliphatic hydroxyl groups is 1. The third kappa shape index (κ3) is 5.59. The number of nitrogens with zero attached hydrogens (tertiary/aromatic N) is 1. The summed E-state index contributed by atoms with van der Waals surface area (Å²) in [5, 5.41) is 10.3. The standard InChI is InChI=1S/C29H30F3NO4/c1-19(20-8-5-4-6-9-20)27(34)33-18-25(37-24-11-7-10-23(17-24)36-3)14-12-21-16-22(13-15-26(21)33)28(2,35)29(30,31)32/h4-11,13,15-17,19,25,35H,12,14,18H2,1-3H3/t19?,25-,28+/m0/s1. The van der Waals surface area contributed by atoms with Crippen LogP contribution in [0.2, 0.25) is 0 Å². The third-order valence-corrected chi connectivity index (χ3v) is 6.89. The van der Waals surface area contributed by atoms with Gasteiger partial charge in [0.25, 0.3) is 0 Å². The van der Waals surface area contributed by atoms with Crippen LogP contribution < -0.4 is 14.4 Å². The molecule has 3 atom stereocenters. The molecule has 3 aromatic rings. The monoisotopic (exact) mass is 513 g/mol. The molecule has 0 fully saturated rings. The smallest absolute Gasteiger partial charge is 0.421 e. The molecular formula is C29H30F3NO4. The normalized spacial score (nSPS) is 18.2. The van der Waals surface area contributed by atoms with Crippen LogP contribution in [0.3, 0.4) is 0 Å². The minimum Gasteiger partial charge on any atom is -0.497 e. The first-order valence-electron chi connectivity index (χ1n) is 12.1. The number of methoxy groups -OCH3 is 1. The highest BCUT2D eigenvalue weighted by Crippen LogP contribution is 2.41. The molecule has 8 heteroatoms. The molecule has 1 N–H and O–H groups in total. The molecule has 4 rings (SSSR count). The summed E-state index contributed by atoms with van der Waals surface area (Å²) >= 11 is 0. The summed E-state index contributed by atoms with van der Waals surface area (Å²) in [6.45, 7) is 2.76. The second-order valence-corrected chi connectivity index (χ2v) is 9.45. The summed E-state index contributed by atoms with van der Waals surface area (Å²) in [6.07, 6.45) is -4.43. The number of hydrogen-bond acceptors (Lipinski definition) is 4. The predicted octanol–water partition coefficient (Wildman–Crippen LogP) is 6.00. The fourth-order valence-corrected chi connectivity index (χ4v) is 4.52. The van der Waals surface area contributed by atoms with Gasteiger partial charge in [0.15, 0.2) is 5.60 Å². The number of ether oxygens (including phenoxy) is 2. The molecule has 0 aliphatic carbocycles. The highest BCUT2D eigenvalue weighted by Gasteiger charge is 2.51. The van der Waals surface area contributed by atoms with Gasteiger partial charge in [-0.2, -0.15) is 13.2 Å². The molecule has 0 radical (unpaired) electrons. The van der Waals surface area contributed by atoms with E-state index >= 15 is 0 Å². The zero-order valence-electron chi connectivity index (χ0n) is 21.0. The van der Waals surface area contributed by atoms with E-state index in [1.165, 1.54) is 18.2 Å². The molecule has 1 amide bonds. The van der Waals surface area contributed by atoms with Gasteiger partial charge in [-0.05, 0) is 61.6 Å². The maximum atomic E-state index is 13.8. The van der Waals surface area contributed by atoms with E-state index in [1.54, 1.807) is 36.3 Å². The van der Waals surface area contributed by atoms with Crippen molar-refractivity contribution in [1.29, 1.82) is 0 Å². The van der Waals surface area contributed by atoms with Crippen LogP contribution in [0.4, 0.5) is 18.9 Å². The molecular weight excluding hydrogens is 483 g/mol. The number of benzene rings is 3. The quantitative estimate of drug-likeness (QED) is 0.440. The van der Waals surface area contributed by atoms with Gasteiger partial charge >= 0.3 is 6.18 Å². The van der Waals surface area contributed by atoms with Crippen LogP contribution in [0.1, 0.15) is 42.9 Å². The van der Waals surface area contributed by atoms with E-state index in [4.69, 9.17) is 9.47 Å². The average Bonchev–Trinajstić information content (AvgIpc) is 3.07. The van der Waals surface area contributed by atoms with E-state index in [9.17, 15) is 23.1 Å². The van der Waals surface area contributed by atoms with Crippen molar-refractivity contribution in [2.75, 3.05) is 18.6 Å². The highest BCUT2D eigenvalue weighted by atomic mass is 19.4. The highest BCUT2D eigenvalue weighted by molar-refractivity contribution is 5.98. The van der Waals surface area contributed by atoms with Gasteiger partial charge in [-0.1, -0.05) is 48.5 Å². The second-order valence-electron chi connectivity index (χ2n) is 9.45. The Balaban J connectivity index is 1.71. The number of carbonyl (C=O) groups is 1. The lowest BCUT2D eigenvalue weighted by molar-refractivity contribution is -0.258. The summed E-state index contributed by atoms with van der Waals surface area (Å²) in [5.41, 5.74) is -1.38. The number of anilines is 1. The zero-order valence-corrected chi connectivity index (χ0v) is 21.0. The van der Waals surface area contributed by atoms with Gasteiger partial charge in [0.05, 0.1) is 19.6 Å². The number of rotatable bonds is 6. The van der Waals surface area contributed by atoms with Gasteiger partial charge in [0, 0.05) is 11.8 Å². The van der Waals surface area contributed by atoms with Crippen molar-refractivity contribution in [3.8, 4) is 11.5 Å². The first kappa shape index (κ1) is 26.5. The molecule has 1 heterocycles. The summed E-state index contributed by atoms with van der Waals surface area (Å²) in [6, 6.07) is 20.5. The molecule has 1 aliphatic heterocycles. The Labute approximate surface area is 214 Å². The predicted molar refractivity (Wildman–Crippen MR) is 135 cm³/mol. The van der Waals surface area contributed by atoms with Crippen molar-refractivity contribution in [3.63, 3.8) is 0 Å². The van der Waals surface area contributed by atoms with Crippen LogP contribution >= 0.6 is 0 Å². The Hall–Kier alpha value is -3.52. The molecule has 1 unspecified atom stereocenters. The minimum atomic E-state index is -4.85. The Morgan fingerprint density at radius 1 is 1.03 bits per heavy atom.